The first kappa shape index (κ1) is 15.6. The smallest absolute Gasteiger partial charge is 0.155 e. The molecule has 3 fully saturated rings. The van der Waals surface area contributed by atoms with Crippen molar-refractivity contribution in [2.45, 2.75) is 72.1 Å². The maximum Gasteiger partial charge on any atom is 0.155 e. The maximum atomic E-state index is 12.4. The number of carbonyl (C=O) groups excluding carboxylic acids is 2. The van der Waals surface area contributed by atoms with E-state index in [9.17, 15) is 9.59 Å². The second-order valence-corrected chi connectivity index (χ2v) is 9.19. The molecule has 0 aliphatic heterocycles. The summed E-state index contributed by atoms with van der Waals surface area (Å²) in [7, 11) is 0. The Kier molecular flexibility index (Phi) is 3.42. The van der Waals surface area contributed by atoms with E-state index in [2.05, 4.69) is 13.8 Å². The molecule has 2 heteroatoms. The van der Waals surface area contributed by atoms with E-state index in [-0.39, 0.29) is 10.8 Å². The largest absolute Gasteiger partial charge is 0.299 e. The molecular formula is C21H30O2. The molecule has 2 unspecified atom stereocenters. The van der Waals surface area contributed by atoms with Crippen LogP contribution in [-0.4, -0.2) is 11.6 Å². The van der Waals surface area contributed by atoms with Gasteiger partial charge in [-0.2, -0.15) is 0 Å². The van der Waals surface area contributed by atoms with Gasteiger partial charge >= 0.3 is 0 Å². The van der Waals surface area contributed by atoms with Gasteiger partial charge in [0.15, 0.2) is 5.78 Å². The molecule has 3 saturated carbocycles. The average Bonchev–Trinajstić information content (AvgIpc) is 2.80. The van der Waals surface area contributed by atoms with Crippen molar-refractivity contribution in [3.05, 3.63) is 11.6 Å². The molecule has 0 bridgehead atoms. The van der Waals surface area contributed by atoms with Gasteiger partial charge < -0.3 is 0 Å². The number of hydrogen-bond donors (Lipinski definition) is 0. The van der Waals surface area contributed by atoms with Crippen molar-refractivity contribution in [1.29, 1.82) is 0 Å². The van der Waals surface area contributed by atoms with E-state index in [0.29, 0.717) is 23.4 Å². The van der Waals surface area contributed by atoms with Crippen molar-refractivity contribution in [3.63, 3.8) is 0 Å². The normalized spacial score (nSPS) is 49.0. The van der Waals surface area contributed by atoms with E-state index in [4.69, 9.17) is 0 Å². The fraction of sp³-hybridized carbons (Fsp3) is 0.810. The third-order valence-corrected chi connectivity index (χ3v) is 8.68. The van der Waals surface area contributed by atoms with Gasteiger partial charge in [0.2, 0.25) is 0 Å². The average molecular weight is 314 g/mol. The fourth-order valence-corrected chi connectivity index (χ4v) is 7.03. The molecule has 0 aromatic heterocycles. The van der Waals surface area contributed by atoms with Crippen molar-refractivity contribution >= 4 is 11.6 Å². The summed E-state index contributed by atoms with van der Waals surface area (Å²) in [6.07, 6.45) is 11.0. The predicted octanol–water partition coefficient (Wildman–Crippen LogP) is 4.72. The molecule has 0 aromatic carbocycles. The summed E-state index contributed by atoms with van der Waals surface area (Å²) in [4.78, 5) is 24.2. The van der Waals surface area contributed by atoms with E-state index in [1.54, 1.807) is 0 Å². The minimum atomic E-state index is -0.110. The molecule has 23 heavy (non-hydrogen) atoms. The quantitative estimate of drug-likeness (QED) is 0.701. The molecule has 0 N–H and O–H groups in total. The summed E-state index contributed by atoms with van der Waals surface area (Å²) in [5, 5.41) is 0. The highest BCUT2D eigenvalue weighted by Crippen LogP contribution is 2.67. The first-order valence-electron chi connectivity index (χ1n) is 9.61. The van der Waals surface area contributed by atoms with Crippen molar-refractivity contribution in [2.24, 2.45) is 34.5 Å². The maximum absolute atomic E-state index is 12.4. The van der Waals surface area contributed by atoms with Crippen LogP contribution in [0.3, 0.4) is 0 Å². The second kappa shape index (κ2) is 5.04. The van der Waals surface area contributed by atoms with Gasteiger partial charge in [0.1, 0.15) is 5.78 Å². The highest BCUT2D eigenvalue weighted by molar-refractivity contribution is 5.91. The number of ketones is 2. The Hall–Kier alpha value is -0.920. The zero-order chi connectivity index (χ0) is 16.4. The van der Waals surface area contributed by atoms with E-state index >= 15 is 0 Å². The number of rotatable bonds is 1. The number of Topliss-reactive ketones (excluding diaryl/α,β-unsaturated/α-hetero) is 1. The Bertz CT molecular complexity index is 589. The third kappa shape index (κ3) is 1.99. The molecule has 4 aliphatic carbocycles. The number of allylic oxidation sites excluding steroid dienone is 1. The third-order valence-electron chi connectivity index (χ3n) is 8.68. The van der Waals surface area contributed by atoms with Crippen LogP contribution in [0.4, 0.5) is 0 Å². The highest BCUT2D eigenvalue weighted by atomic mass is 16.1. The Morgan fingerprint density at radius 2 is 1.83 bits per heavy atom. The lowest BCUT2D eigenvalue weighted by Crippen LogP contribution is -2.50. The van der Waals surface area contributed by atoms with Gasteiger partial charge in [0.25, 0.3) is 0 Å². The minimum Gasteiger partial charge on any atom is -0.299 e. The number of fused-ring (bicyclic) bond motifs is 5. The number of carbonyl (C=O) groups is 2. The van der Waals surface area contributed by atoms with Crippen LogP contribution < -0.4 is 0 Å². The molecule has 0 saturated heterocycles. The lowest BCUT2D eigenvalue weighted by molar-refractivity contribution is -0.137. The summed E-state index contributed by atoms with van der Waals surface area (Å²) in [5.74, 6) is 3.69. The lowest BCUT2D eigenvalue weighted by Gasteiger charge is -2.56. The van der Waals surface area contributed by atoms with Gasteiger partial charge in [0.05, 0.1) is 0 Å². The standard InChI is InChI=1S/C21H30O2/c1-13(22)20(2)11-9-19-18-6-4-14-12-15(23)5-7-16(14)17(18)8-10-21(19,20)3/h12,16-19H,4-11H2,1-3H3/t16?,17?,18-,19+,20-,21+/m1/s1. The molecular weight excluding hydrogens is 284 g/mol. The van der Waals surface area contributed by atoms with E-state index < -0.39 is 0 Å². The first-order chi connectivity index (χ1) is 10.9. The predicted molar refractivity (Wildman–Crippen MR) is 90.9 cm³/mol. The van der Waals surface area contributed by atoms with E-state index in [1.807, 2.05) is 13.0 Å². The monoisotopic (exact) mass is 314 g/mol. The topological polar surface area (TPSA) is 34.1 Å². The molecule has 0 aromatic rings. The van der Waals surface area contributed by atoms with Crippen molar-refractivity contribution in [1.82, 2.24) is 0 Å². The van der Waals surface area contributed by atoms with Gasteiger partial charge in [-0.3, -0.25) is 9.59 Å². The second-order valence-electron chi connectivity index (χ2n) is 9.19. The fourth-order valence-electron chi connectivity index (χ4n) is 7.03. The van der Waals surface area contributed by atoms with Gasteiger partial charge in [0, 0.05) is 11.8 Å². The molecule has 0 amide bonds. The van der Waals surface area contributed by atoms with Crippen molar-refractivity contribution in [2.75, 3.05) is 0 Å². The number of hydrogen-bond acceptors (Lipinski definition) is 2. The molecule has 4 rings (SSSR count). The summed E-state index contributed by atoms with van der Waals surface area (Å²) < 4.78 is 0. The molecule has 0 radical (unpaired) electrons. The summed E-state index contributed by atoms with van der Waals surface area (Å²) in [6.45, 7) is 6.47. The molecule has 126 valence electrons. The summed E-state index contributed by atoms with van der Waals surface area (Å²) >= 11 is 0. The van der Waals surface area contributed by atoms with Crippen LogP contribution in [0.2, 0.25) is 0 Å². The van der Waals surface area contributed by atoms with Crippen molar-refractivity contribution < 1.29 is 9.59 Å². The zero-order valence-electron chi connectivity index (χ0n) is 14.9. The van der Waals surface area contributed by atoms with Gasteiger partial charge in [-0.15, -0.1) is 0 Å². The molecule has 0 heterocycles. The summed E-state index contributed by atoms with van der Waals surface area (Å²) in [6, 6.07) is 0. The zero-order valence-corrected chi connectivity index (χ0v) is 14.9. The van der Waals surface area contributed by atoms with Crippen LogP contribution in [0.15, 0.2) is 11.6 Å². The van der Waals surface area contributed by atoms with Crippen LogP contribution >= 0.6 is 0 Å². The minimum absolute atomic E-state index is 0.110. The van der Waals surface area contributed by atoms with Crippen LogP contribution in [-0.2, 0) is 9.59 Å². The Balaban J connectivity index is 1.65. The van der Waals surface area contributed by atoms with Gasteiger partial charge in [-0.25, -0.2) is 0 Å². The Labute approximate surface area is 140 Å². The molecule has 4 aliphatic rings. The van der Waals surface area contributed by atoms with Crippen molar-refractivity contribution in [3.8, 4) is 0 Å². The molecule has 6 atom stereocenters. The van der Waals surface area contributed by atoms with Crippen LogP contribution in [0, 0.1) is 34.5 Å². The van der Waals surface area contributed by atoms with Crippen LogP contribution in [0.25, 0.3) is 0 Å². The Morgan fingerprint density at radius 3 is 2.57 bits per heavy atom. The van der Waals surface area contributed by atoms with Gasteiger partial charge in [-0.1, -0.05) is 19.4 Å². The van der Waals surface area contributed by atoms with Crippen LogP contribution in [0.1, 0.15) is 72.1 Å². The van der Waals surface area contributed by atoms with E-state index in [1.165, 1.54) is 31.3 Å². The Morgan fingerprint density at radius 1 is 1.04 bits per heavy atom. The van der Waals surface area contributed by atoms with Crippen LogP contribution in [0.5, 0.6) is 0 Å². The highest BCUT2D eigenvalue weighted by Gasteiger charge is 2.62. The lowest BCUT2D eigenvalue weighted by atomic mass is 9.48. The molecule has 0 spiro atoms. The van der Waals surface area contributed by atoms with Gasteiger partial charge in [-0.05, 0) is 87.0 Å². The molecule has 2 nitrogen and oxygen atoms in total. The SMILES string of the molecule is CC(=O)[C@@]1(C)CC[C@H]2[C@@H]3CCC4=CC(=O)CCC4C3CC[C@@]21C. The van der Waals surface area contributed by atoms with E-state index in [0.717, 1.165) is 37.5 Å². The summed E-state index contributed by atoms with van der Waals surface area (Å²) in [5.41, 5.74) is 1.55. The first-order valence-corrected chi connectivity index (χ1v) is 9.61.